The Kier molecular flexibility index (Phi) is 6.39. The first-order chi connectivity index (χ1) is 16.8. The molecule has 1 aliphatic heterocycles. The first-order valence-corrected chi connectivity index (χ1v) is 12.1. The number of aliphatic hydroxyl groups is 4. The minimum Gasteiger partial charge on any atom is -0.506 e. The smallest absolute Gasteiger partial charge is 0.229 e. The SMILES string of the molecule is COc1cc(O[C@H]2O[C@H](CO)[C@@H](O)[C@H](O)[C@H]2O)c2c(O)c(C(C)=O)c3c(c2c1)CC[C@@H]1CCC[C@@H]31. The second-order valence-corrected chi connectivity index (χ2v) is 9.87. The van der Waals surface area contributed by atoms with Crippen LogP contribution in [0.25, 0.3) is 10.8 Å². The molecule has 35 heavy (non-hydrogen) atoms. The van der Waals surface area contributed by atoms with E-state index in [1.165, 1.54) is 20.1 Å². The minimum absolute atomic E-state index is 0.0972. The van der Waals surface area contributed by atoms with Crippen LogP contribution in [0.1, 0.15) is 60.0 Å². The van der Waals surface area contributed by atoms with E-state index in [-0.39, 0.29) is 23.2 Å². The van der Waals surface area contributed by atoms with Crippen molar-refractivity contribution in [3.63, 3.8) is 0 Å². The number of hydrogen-bond acceptors (Lipinski definition) is 9. The molecule has 0 spiro atoms. The standard InChI is InChI=1S/C26H32O9/c1-11(28)19-20-14-5-3-4-12(14)6-7-15(20)16-8-13(33-2)9-17(21(16)23(19)30)34-26-25(32)24(31)22(29)18(10-27)35-26/h8-9,12,14,18,22,24-27,29-32H,3-7,10H2,1-2H3/t12-,14+,18+,22+,24-,25+,26-/m0/s1. The van der Waals surface area contributed by atoms with Crippen molar-refractivity contribution in [3.05, 3.63) is 28.8 Å². The Morgan fingerprint density at radius 3 is 2.57 bits per heavy atom. The maximum Gasteiger partial charge on any atom is 0.229 e. The molecule has 0 radical (unpaired) electrons. The Hall–Kier alpha value is -2.43. The van der Waals surface area contributed by atoms with Crippen molar-refractivity contribution in [2.24, 2.45) is 5.92 Å². The number of carbonyl (C=O) groups excluding carboxylic acids is 1. The van der Waals surface area contributed by atoms with Gasteiger partial charge in [-0.05, 0) is 67.0 Å². The van der Waals surface area contributed by atoms with Crippen LogP contribution in [0.2, 0.25) is 0 Å². The second-order valence-electron chi connectivity index (χ2n) is 9.87. The number of aliphatic hydroxyl groups excluding tert-OH is 4. The van der Waals surface area contributed by atoms with Crippen LogP contribution in [-0.4, -0.2) is 75.7 Å². The molecule has 2 aromatic carbocycles. The summed E-state index contributed by atoms with van der Waals surface area (Å²) < 4.78 is 17.0. The highest BCUT2D eigenvalue weighted by atomic mass is 16.7. The van der Waals surface area contributed by atoms with Crippen molar-refractivity contribution in [1.29, 1.82) is 0 Å². The first-order valence-electron chi connectivity index (χ1n) is 12.1. The maximum absolute atomic E-state index is 12.8. The van der Waals surface area contributed by atoms with E-state index in [4.69, 9.17) is 14.2 Å². The molecule has 0 aromatic heterocycles. The molecule has 1 heterocycles. The summed E-state index contributed by atoms with van der Waals surface area (Å²) in [6.07, 6.45) is -2.44. The number of aryl methyl sites for hydroxylation is 1. The van der Waals surface area contributed by atoms with Crippen molar-refractivity contribution in [2.75, 3.05) is 13.7 Å². The van der Waals surface area contributed by atoms with Crippen LogP contribution in [0.4, 0.5) is 0 Å². The van der Waals surface area contributed by atoms with Crippen molar-refractivity contribution in [3.8, 4) is 17.2 Å². The number of carbonyl (C=O) groups is 1. The van der Waals surface area contributed by atoms with Gasteiger partial charge in [0.05, 0.1) is 24.7 Å². The molecule has 9 heteroatoms. The number of fused-ring (bicyclic) bond motifs is 5. The van der Waals surface area contributed by atoms with Gasteiger partial charge in [0.15, 0.2) is 5.78 Å². The van der Waals surface area contributed by atoms with Crippen LogP contribution < -0.4 is 9.47 Å². The molecule has 2 fully saturated rings. The highest BCUT2D eigenvalue weighted by molar-refractivity contribution is 6.09. The molecule has 1 saturated heterocycles. The van der Waals surface area contributed by atoms with Gasteiger partial charge in [-0.1, -0.05) is 6.42 Å². The third kappa shape index (κ3) is 3.86. The zero-order valence-electron chi connectivity index (χ0n) is 19.8. The molecule has 7 atom stereocenters. The zero-order chi connectivity index (χ0) is 25.0. The van der Waals surface area contributed by atoms with Crippen molar-refractivity contribution >= 4 is 16.6 Å². The number of phenols is 1. The predicted octanol–water partition coefficient (Wildman–Crippen LogP) is 1.77. The molecule has 190 valence electrons. The summed E-state index contributed by atoms with van der Waals surface area (Å²) in [6, 6.07) is 3.33. The van der Waals surface area contributed by atoms with Gasteiger partial charge < -0.3 is 39.7 Å². The summed E-state index contributed by atoms with van der Waals surface area (Å²) in [5, 5.41) is 52.8. The van der Waals surface area contributed by atoms with Crippen molar-refractivity contribution in [2.45, 2.75) is 75.7 Å². The van der Waals surface area contributed by atoms with Gasteiger partial charge in [0.25, 0.3) is 0 Å². The fourth-order valence-corrected chi connectivity index (χ4v) is 6.25. The summed E-state index contributed by atoms with van der Waals surface area (Å²) in [5.41, 5.74) is 2.21. The fourth-order valence-electron chi connectivity index (χ4n) is 6.25. The average molecular weight is 489 g/mol. The fraction of sp³-hybridized carbons (Fsp3) is 0.577. The first kappa shape index (κ1) is 24.3. The second kappa shape index (κ2) is 9.22. The third-order valence-corrected chi connectivity index (χ3v) is 7.94. The molecule has 2 aromatic rings. The number of methoxy groups -OCH3 is 1. The molecule has 0 bridgehead atoms. The molecule has 0 amide bonds. The number of ketones is 1. The van der Waals surface area contributed by atoms with Crippen LogP contribution >= 0.6 is 0 Å². The summed E-state index contributed by atoms with van der Waals surface area (Å²) in [5.74, 6) is 0.827. The Labute approximate surface area is 202 Å². The Bertz CT molecular complexity index is 1140. The molecular weight excluding hydrogens is 456 g/mol. The van der Waals surface area contributed by atoms with E-state index in [0.717, 1.165) is 43.2 Å². The van der Waals surface area contributed by atoms with E-state index in [0.29, 0.717) is 28.0 Å². The molecule has 0 unspecified atom stereocenters. The van der Waals surface area contributed by atoms with Crippen LogP contribution in [0.3, 0.4) is 0 Å². The Morgan fingerprint density at radius 1 is 1.11 bits per heavy atom. The number of aromatic hydroxyl groups is 1. The monoisotopic (exact) mass is 488 g/mol. The van der Waals surface area contributed by atoms with E-state index in [1.54, 1.807) is 0 Å². The lowest BCUT2D eigenvalue weighted by Gasteiger charge is -2.39. The Morgan fingerprint density at radius 2 is 1.89 bits per heavy atom. The van der Waals surface area contributed by atoms with Crippen molar-refractivity contribution in [1.82, 2.24) is 0 Å². The van der Waals surface area contributed by atoms with E-state index in [2.05, 4.69) is 0 Å². The Balaban J connectivity index is 1.69. The van der Waals surface area contributed by atoms with Crippen LogP contribution in [-0.2, 0) is 11.2 Å². The number of Topliss-reactive ketones (excluding diaryl/α,β-unsaturated/α-hetero) is 1. The average Bonchev–Trinajstić information content (AvgIpc) is 3.33. The lowest BCUT2D eigenvalue weighted by molar-refractivity contribution is -0.277. The van der Waals surface area contributed by atoms with Gasteiger partial charge in [0.2, 0.25) is 6.29 Å². The quantitative estimate of drug-likeness (QED) is 0.397. The zero-order valence-corrected chi connectivity index (χ0v) is 19.8. The highest BCUT2D eigenvalue weighted by Crippen LogP contribution is 2.54. The predicted molar refractivity (Wildman–Crippen MR) is 125 cm³/mol. The third-order valence-electron chi connectivity index (χ3n) is 7.94. The highest BCUT2D eigenvalue weighted by Gasteiger charge is 2.45. The summed E-state index contributed by atoms with van der Waals surface area (Å²) >= 11 is 0. The molecule has 5 rings (SSSR count). The number of hydrogen-bond donors (Lipinski definition) is 5. The summed E-state index contributed by atoms with van der Waals surface area (Å²) in [4.78, 5) is 12.8. The van der Waals surface area contributed by atoms with Crippen molar-refractivity contribution < 1.29 is 44.5 Å². The van der Waals surface area contributed by atoms with Gasteiger partial charge in [-0.3, -0.25) is 4.79 Å². The lowest BCUT2D eigenvalue weighted by Crippen LogP contribution is -2.60. The molecule has 5 N–H and O–H groups in total. The van der Waals surface area contributed by atoms with E-state index in [9.17, 15) is 30.3 Å². The van der Waals surface area contributed by atoms with Gasteiger partial charge in [0, 0.05) is 6.07 Å². The summed E-state index contributed by atoms with van der Waals surface area (Å²) in [7, 11) is 1.50. The summed E-state index contributed by atoms with van der Waals surface area (Å²) in [6.45, 7) is 0.848. The molecule has 2 aliphatic carbocycles. The van der Waals surface area contributed by atoms with Crippen LogP contribution in [0.5, 0.6) is 17.2 Å². The van der Waals surface area contributed by atoms with Gasteiger partial charge >= 0.3 is 0 Å². The van der Waals surface area contributed by atoms with Gasteiger partial charge in [0.1, 0.15) is 41.7 Å². The molecule has 9 nitrogen and oxygen atoms in total. The van der Waals surface area contributed by atoms with E-state index >= 15 is 0 Å². The number of benzene rings is 2. The minimum atomic E-state index is -1.62. The number of phenolic OH excluding ortho intramolecular Hbond substituents is 1. The van der Waals surface area contributed by atoms with Gasteiger partial charge in [-0.25, -0.2) is 0 Å². The van der Waals surface area contributed by atoms with Crippen LogP contribution in [0, 0.1) is 5.92 Å². The molecular formula is C26H32O9. The number of rotatable bonds is 5. The van der Waals surface area contributed by atoms with Gasteiger partial charge in [-0.15, -0.1) is 0 Å². The maximum atomic E-state index is 12.8. The van der Waals surface area contributed by atoms with E-state index in [1.807, 2.05) is 6.07 Å². The lowest BCUT2D eigenvalue weighted by atomic mass is 9.72. The normalized spacial score (nSPS) is 32.2. The molecule has 1 saturated carbocycles. The van der Waals surface area contributed by atoms with Crippen LogP contribution in [0.15, 0.2) is 12.1 Å². The van der Waals surface area contributed by atoms with Gasteiger partial charge in [-0.2, -0.15) is 0 Å². The van der Waals surface area contributed by atoms with E-state index < -0.39 is 37.3 Å². The topological polar surface area (TPSA) is 146 Å². The largest absolute Gasteiger partial charge is 0.506 e. The number of ether oxygens (including phenoxy) is 3. The molecule has 3 aliphatic rings.